The van der Waals surface area contributed by atoms with Crippen LogP contribution >= 0.6 is 0 Å². The van der Waals surface area contributed by atoms with E-state index in [-0.39, 0.29) is 18.4 Å². The molecule has 5 nitrogen and oxygen atoms in total. The Balaban J connectivity index is 2.01. The number of benzene rings is 2. The second-order valence-corrected chi connectivity index (χ2v) is 6.73. The molecule has 0 amide bonds. The van der Waals surface area contributed by atoms with Crippen LogP contribution in [0.2, 0.25) is 0 Å². The second-order valence-electron chi connectivity index (χ2n) is 6.73. The van der Waals surface area contributed by atoms with Crippen molar-refractivity contribution in [3.8, 4) is 5.75 Å². The van der Waals surface area contributed by atoms with E-state index in [0.717, 1.165) is 16.9 Å². The largest absolute Gasteiger partial charge is 0.497 e. The van der Waals surface area contributed by atoms with Gasteiger partial charge in [-0.05, 0) is 41.8 Å². The summed E-state index contributed by atoms with van der Waals surface area (Å²) in [5.74, 6) is 0.187. The van der Waals surface area contributed by atoms with Crippen molar-refractivity contribution >= 4 is 5.97 Å². The molecule has 0 unspecified atom stereocenters. The highest BCUT2D eigenvalue weighted by molar-refractivity contribution is 5.69. The van der Waals surface area contributed by atoms with Crippen molar-refractivity contribution in [1.82, 2.24) is 4.90 Å². The van der Waals surface area contributed by atoms with Crippen LogP contribution in [-0.4, -0.2) is 42.3 Å². The summed E-state index contributed by atoms with van der Waals surface area (Å²) >= 11 is 0. The fourth-order valence-electron chi connectivity index (χ4n) is 2.84. The summed E-state index contributed by atoms with van der Waals surface area (Å²) in [6, 6.07) is 14.0. The maximum absolute atomic E-state index is 13.2. The Kier molecular flexibility index (Phi) is 8.91. The van der Waals surface area contributed by atoms with E-state index in [9.17, 15) is 14.3 Å². The first-order chi connectivity index (χ1) is 13.5. The first-order valence-electron chi connectivity index (χ1n) is 9.43. The monoisotopic (exact) mass is 389 g/mol. The van der Waals surface area contributed by atoms with Gasteiger partial charge < -0.3 is 14.6 Å². The van der Waals surface area contributed by atoms with Gasteiger partial charge in [-0.3, -0.25) is 9.69 Å². The average molecular weight is 389 g/mol. The summed E-state index contributed by atoms with van der Waals surface area (Å²) in [6.07, 6.45) is 0.250. The lowest BCUT2D eigenvalue weighted by molar-refractivity contribution is -0.147. The van der Waals surface area contributed by atoms with Crippen LogP contribution in [0.5, 0.6) is 5.75 Å². The number of aliphatic hydroxyl groups is 1. The Labute approximate surface area is 165 Å². The zero-order valence-corrected chi connectivity index (χ0v) is 16.4. The van der Waals surface area contributed by atoms with Gasteiger partial charge >= 0.3 is 5.97 Å². The molecule has 0 bridgehead atoms. The molecule has 152 valence electrons. The van der Waals surface area contributed by atoms with Crippen molar-refractivity contribution < 1.29 is 23.8 Å². The number of carbonyl (C=O) groups excluding carboxylic acids is 1. The SMILES string of the molecule is CCCC(=O)OC[C@H](O)CN(Cc1ccc(F)cc1)Cc1ccc(OC)cc1. The standard InChI is InChI=1S/C22H28FNO4/c1-3-4-22(26)28-16-20(25)15-24(13-17-5-9-19(23)10-6-17)14-18-7-11-21(27-2)12-8-18/h5-12,20,25H,3-4,13-16H2,1-2H3/t20-/m1/s1. The number of nitrogens with zero attached hydrogens (tertiary/aromatic N) is 1. The van der Waals surface area contributed by atoms with Gasteiger partial charge in [-0.1, -0.05) is 31.2 Å². The highest BCUT2D eigenvalue weighted by atomic mass is 19.1. The Hall–Kier alpha value is -2.44. The highest BCUT2D eigenvalue weighted by Gasteiger charge is 2.15. The van der Waals surface area contributed by atoms with E-state index in [0.29, 0.717) is 32.5 Å². The van der Waals surface area contributed by atoms with Crippen LogP contribution in [0.25, 0.3) is 0 Å². The normalized spacial score (nSPS) is 12.0. The van der Waals surface area contributed by atoms with Gasteiger partial charge in [0.25, 0.3) is 0 Å². The number of methoxy groups -OCH3 is 1. The molecule has 2 aromatic rings. The smallest absolute Gasteiger partial charge is 0.305 e. The van der Waals surface area contributed by atoms with E-state index in [1.807, 2.05) is 36.1 Å². The Morgan fingerprint density at radius 2 is 1.64 bits per heavy atom. The quantitative estimate of drug-likeness (QED) is 0.596. The van der Waals surface area contributed by atoms with Gasteiger partial charge in [0.15, 0.2) is 0 Å². The summed E-state index contributed by atoms with van der Waals surface area (Å²) < 4.78 is 23.5. The Morgan fingerprint density at radius 3 is 2.18 bits per heavy atom. The predicted molar refractivity (Wildman–Crippen MR) is 105 cm³/mol. The van der Waals surface area contributed by atoms with Gasteiger partial charge in [0.2, 0.25) is 0 Å². The minimum absolute atomic E-state index is 0.0403. The molecule has 1 N–H and O–H groups in total. The molecule has 0 saturated heterocycles. The number of esters is 1. The van der Waals surface area contributed by atoms with E-state index >= 15 is 0 Å². The van der Waals surface area contributed by atoms with Crippen molar-refractivity contribution in [2.45, 2.75) is 39.0 Å². The van der Waals surface area contributed by atoms with Gasteiger partial charge in [0.1, 0.15) is 24.3 Å². The molecule has 0 aliphatic carbocycles. The third-order valence-electron chi connectivity index (χ3n) is 4.24. The average Bonchev–Trinajstić information content (AvgIpc) is 2.69. The first kappa shape index (κ1) is 21.9. The molecule has 2 rings (SSSR count). The van der Waals surface area contributed by atoms with Crippen LogP contribution in [-0.2, 0) is 22.6 Å². The minimum Gasteiger partial charge on any atom is -0.497 e. The van der Waals surface area contributed by atoms with E-state index in [4.69, 9.17) is 9.47 Å². The number of halogens is 1. The molecule has 0 radical (unpaired) electrons. The molecule has 1 atom stereocenters. The number of carbonyl (C=O) groups is 1. The number of ether oxygens (including phenoxy) is 2. The predicted octanol–water partition coefficient (Wildman–Crippen LogP) is 3.54. The fourth-order valence-corrected chi connectivity index (χ4v) is 2.84. The van der Waals surface area contributed by atoms with Crippen LogP contribution in [0.1, 0.15) is 30.9 Å². The molecule has 0 fully saturated rings. The number of aliphatic hydroxyl groups excluding tert-OH is 1. The topological polar surface area (TPSA) is 59.0 Å². The van der Waals surface area contributed by atoms with Crippen molar-refractivity contribution in [3.63, 3.8) is 0 Å². The van der Waals surface area contributed by atoms with Crippen LogP contribution in [0.3, 0.4) is 0 Å². The molecule has 28 heavy (non-hydrogen) atoms. The molecular formula is C22H28FNO4. The molecule has 0 aliphatic heterocycles. The third kappa shape index (κ3) is 7.66. The van der Waals surface area contributed by atoms with Crippen molar-refractivity contribution in [2.75, 3.05) is 20.3 Å². The van der Waals surface area contributed by atoms with E-state index in [2.05, 4.69) is 0 Å². The lowest BCUT2D eigenvalue weighted by atomic mass is 10.1. The van der Waals surface area contributed by atoms with E-state index in [1.54, 1.807) is 19.2 Å². The minimum atomic E-state index is -0.806. The molecule has 0 heterocycles. The van der Waals surface area contributed by atoms with E-state index in [1.165, 1.54) is 12.1 Å². The number of hydrogen-bond donors (Lipinski definition) is 1. The van der Waals surface area contributed by atoms with Gasteiger partial charge in [-0.2, -0.15) is 0 Å². The summed E-state index contributed by atoms with van der Waals surface area (Å²) in [7, 11) is 1.62. The summed E-state index contributed by atoms with van der Waals surface area (Å²) in [5, 5.41) is 10.3. The lowest BCUT2D eigenvalue weighted by Crippen LogP contribution is -2.34. The molecule has 2 aromatic carbocycles. The second kappa shape index (κ2) is 11.4. The zero-order chi connectivity index (χ0) is 20.4. The van der Waals surface area contributed by atoms with Crippen LogP contribution in [0, 0.1) is 5.82 Å². The first-order valence-corrected chi connectivity index (χ1v) is 9.43. The van der Waals surface area contributed by atoms with E-state index < -0.39 is 6.10 Å². The summed E-state index contributed by atoms with van der Waals surface area (Å²) in [6.45, 7) is 3.30. The number of hydrogen-bond acceptors (Lipinski definition) is 5. The molecule has 0 aromatic heterocycles. The van der Waals surface area contributed by atoms with Gasteiger partial charge in [-0.25, -0.2) is 4.39 Å². The van der Waals surface area contributed by atoms with Crippen LogP contribution in [0.15, 0.2) is 48.5 Å². The van der Waals surface area contributed by atoms with Crippen molar-refractivity contribution in [2.24, 2.45) is 0 Å². The summed E-state index contributed by atoms with van der Waals surface area (Å²) in [4.78, 5) is 13.5. The van der Waals surface area contributed by atoms with Crippen LogP contribution in [0.4, 0.5) is 4.39 Å². The molecule has 0 aliphatic rings. The fraction of sp³-hybridized carbons (Fsp3) is 0.409. The Bertz CT molecular complexity index is 718. The van der Waals surface area contributed by atoms with Crippen molar-refractivity contribution in [3.05, 3.63) is 65.5 Å². The van der Waals surface area contributed by atoms with Gasteiger partial charge in [0.05, 0.1) is 7.11 Å². The maximum Gasteiger partial charge on any atom is 0.305 e. The molecule has 0 saturated carbocycles. The lowest BCUT2D eigenvalue weighted by Gasteiger charge is -2.25. The number of rotatable bonds is 11. The maximum atomic E-state index is 13.2. The van der Waals surface area contributed by atoms with Crippen molar-refractivity contribution in [1.29, 1.82) is 0 Å². The van der Waals surface area contributed by atoms with Gasteiger partial charge in [-0.15, -0.1) is 0 Å². The Morgan fingerprint density at radius 1 is 1.07 bits per heavy atom. The molecule has 6 heteroatoms. The molecule has 0 spiro atoms. The van der Waals surface area contributed by atoms with Crippen LogP contribution < -0.4 is 4.74 Å². The zero-order valence-electron chi connectivity index (χ0n) is 16.4. The third-order valence-corrected chi connectivity index (χ3v) is 4.24. The highest BCUT2D eigenvalue weighted by Crippen LogP contribution is 2.15. The molecular weight excluding hydrogens is 361 g/mol. The van der Waals surface area contributed by atoms with Gasteiger partial charge in [0, 0.05) is 26.1 Å². The summed E-state index contributed by atoms with van der Waals surface area (Å²) in [5.41, 5.74) is 1.99.